The van der Waals surface area contributed by atoms with E-state index in [0.29, 0.717) is 5.92 Å². The largest absolute Gasteiger partial charge is 0.416 e. The van der Waals surface area contributed by atoms with Gasteiger partial charge in [0.15, 0.2) is 0 Å². The fourth-order valence-corrected chi connectivity index (χ4v) is 3.46. The molecule has 1 aromatic heterocycles. The third-order valence-corrected chi connectivity index (χ3v) is 5.14. The van der Waals surface area contributed by atoms with E-state index in [-0.39, 0.29) is 16.6 Å². The number of carbonyl (C=O) groups is 1. The monoisotopic (exact) mass is 400 g/mol. The highest BCUT2D eigenvalue weighted by Crippen LogP contribution is 2.32. The van der Waals surface area contributed by atoms with Gasteiger partial charge in [-0.3, -0.25) is 9.89 Å². The van der Waals surface area contributed by atoms with Crippen LogP contribution in [0.2, 0.25) is 5.02 Å². The number of benzene rings is 1. The summed E-state index contributed by atoms with van der Waals surface area (Å²) in [5.41, 5.74) is -0.0917. The van der Waals surface area contributed by atoms with Gasteiger partial charge in [0.05, 0.1) is 28.0 Å². The molecular weight excluding hydrogens is 381 g/mol. The number of nitrogens with one attached hydrogen (secondary N) is 3. The van der Waals surface area contributed by atoms with Gasteiger partial charge in [-0.15, -0.1) is 0 Å². The standard InChI is InChI=1S/C18H20ClF3N4O/c19-16-6-3-12(18(20,21)22)7-15(16)17(27)26-13-4-1-11(2-5-13)8-23-14-9-24-25-10-14/h3,6-7,9-11,13,23H,1-2,4-5,8H2,(H,24,25)(H,26,27)/t11-,13-. The molecule has 1 amide bonds. The van der Waals surface area contributed by atoms with Crippen LogP contribution >= 0.6 is 11.6 Å². The van der Waals surface area contributed by atoms with Gasteiger partial charge in [0.25, 0.3) is 5.91 Å². The Morgan fingerprint density at radius 2 is 2.00 bits per heavy atom. The molecule has 0 atom stereocenters. The maximum absolute atomic E-state index is 12.9. The number of halogens is 4. The van der Waals surface area contributed by atoms with Gasteiger partial charge in [-0.05, 0) is 49.8 Å². The maximum atomic E-state index is 12.9. The van der Waals surface area contributed by atoms with Crippen molar-refractivity contribution >= 4 is 23.2 Å². The molecule has 1 aliphatic rings. The first-order valence-corrected chi connectivity index (χ1v) is 9.11. The molecule has 0 bridgehead atoms. The molecule has 1 heterocycles. The van der Waals surface area contributed by atoms with Crippen molar-refractivity contribution in [1.82, 2.24) is 15.5 Å². The van der Waals surface area contributed by atoms with Crippen LogP contribution in [0.15, 0.2) is 30.6 Å². The molecule has 3 rings (SSSR count). The quantitative estimate of drug-likeness (QED) is 0.693. The van der Waals surface area contributed by atoms with E-state index in [2.05, 4.69) is 20.8 Å². The molecule has 3 N–H and O–H groups in total. The molecule has 0 spiro atoms. The molecule has 5 nitrogen and oxygen atoms in total. The number of hydrogen-bond donors (Lipinski definition) is 3. The Labute approximate surface area is 159 Å². The first-order valence-electron chi connectivity index (χ1n) is 8.73. The van der Waals surface area contributed by atoms with Crippen LogP contribution in [0.1, 0.15) is 41.6 Å². The van der Waals surface area contributed by atoms with Crippen LogP contribution in [-0.4, -0.2) is 28.7 Å². The van der Waals surface area contributed by atoms with E-state index in [4.69, 9.17) is 11.6 Å². The van der Waals surface area contributed by atoms with Crippen LogP contribution < -0.4 is 10.6 Å². The van der Waals surface area contributed by atoms with Gasteiger partial charge >= 0.3 is 6.18 Å². The normalized spacial score (nSPS) is 20.3. The zero-order valence-corrected chi connectivity index (χ0v) is 15.2. The van der Waals surface area contributed by atoms with E-state index in [0.717, 1.165) is 56.1 Å². The van der Waals surface area contributed by atoms with E-state index < -0.39 is 17.6 Å². The molecule has 2 aromatic rings. The van der Waals surface area contributed by atoms with Crippen LogP contribution in [0, 0.1) is 5.92 Å². The lowest BCUT2D eigenvalue weighted by Gasteiger charge is -2.29. The highest BCUT2D eigenvalue weighted by atomic mass is 35.5. The number of alkyl halides is 3. The molecule has 9 heteroatoms. The van der Waals surface area contributed by atoms with Crippen molar-refractivity contribution in [3.63, 3.8) is 0 Å². The van der Waals surface area contributed by atoms with E-state index in [1.165, 1.54) is 0 Å². The Balaban J connectivity index is 1.52. The first kappa shape index (κ1) is 19.5. The average Bonchev–Trinajstić information content (AvgIpc) is 3.14. The Kier molecular flexibility index (Phi) is 5.94. The number of amides is 1. The van der Waals surface area contributed by atoms with Crippen molar-refractivity contribution < 1.29 is 18.0 Å². The number of carbonyl (C=O) groups excluding carboxylic acids is 1. The van der Waals surface area contributed by atoms with Gasteiger partial charge in [0.2, 0.25) is 0 Å². The van der Waals surface area contributed by atoms with Crippen LogP contribution in [0.25, 0.3) is 0 Å². The average molecular weight is 401 g/mol. The second-order valence-corrected chi connectivity index (χ2v) is 7.16. The molecule has 1 aliphatic carbocycles. The SMILES string of the molecule is O=C(N[C@H]1CC[C@H](CNc2cn[nH]c2)CC1)c1cc(C(F)(F)F)ccc1Cl. The first-order chi connectivity index (χ1) is 12.8. The minimum Gasteiger partial charge on any atom is -0.382 e. The van der Waals surface area contributed by atoms with Crippen molar-refractivity contribution in [3.05, 3.63) is 46.7 Å². The summed E-state index contributed by atoms with van der Waals surface area (Å²) in [4.78, 5) is 12.4. The van der Waals surface area contributed by atoms with Gasteiger partial charge in [-0.2, -0.15) is 18.3 Å². The van der Waals surface area contributed by atoms with Crippen molar-refractivity contribution in [2.45, 2.75) is 37.9 Å². The van der Waals surface area contributed by atoms with Crippen LogP contribution in [0.3, 0.4) is 0 Å². The summed E-state index contributed by atoms with van der Waals surface area (Å²) in [7, 11) is 0. The Morgan fingerprint density at radius 1 is 1.26 bits per heavy atom. The summed E-state index contributed by atoms with van der Waals surface area (Å²) >= 11 is 5.93. The van der Waals surface area contributed by atoms with E-state index >= 15 is 0 Å². The number of rotatable bonds is 5. The van der Waals surface area contributed by atoms with Crippen LogP contribution in [0.5, 0.6) is 0 Å². The Hall–Kier alpha value is -2.22. The summed E-state index contributed by atoms with van der Waals surface area (Å²) in [6, 6.07) is 2.72. The molecule has 0 aliphatic heterocycles. The fourth-order valence-electron chi connectivity index (χ4n) is 3.26. The van der Waals surface area contributed by atoms with Crippen molar-refractivity contribution in [2.24, 2.45) is 5.92 Å². The molecule has 0 unspecified atom stereocenters. The van der Waals surface area contributed by atoms with Crippen LogP contribution in [-0.2, 0) is 6.18 Å². The Bertz CT molecular complexity index is 771. The van der Waals surface area contributed by atoms with Crippen molar-refractivity contribution in [3.8, 4) is 0 Å². The maximum Gasteiger partial charge on any atom is 0.416 e. The zero-order valence-electron chi connectivity index (χ0n) is 14.4. The van der Waals surface area contributed by atoms with Gasteiger partial charge in [0.1, 0.15) is 0 Å². The summed E-state index contributed by atoms with van der Waals surface area (Å²) in [5, 5.41) is 12.7. The molecule has 1 saturated carbocycles. The van der Waals surface area contributed by atoms with Crippen LogP contribution in [0.4, 0.5) is 18.9 Å². The van der Waals surface area contributed by atoms with Gasteiger partial charge in [-0.25, -0.2) is 0 Å². The molecule has 1 fully saturated rings. The number of aromatic nitrogens is 2. The molecular formula is C18H20ClF3N4O. The minimum atomic E-state index is -4.51. The number of anilines is 1. The number of hydrogen-bond acceptors (Lipinski definition) is 3. The van der Waals surface area contributed by atoms with E-state index in [1.54, 1.807) is 12.4 Å². The molecule has 27 heavy (non-hydrogen) atoms. The smallest absolute Gasteiger partial charge is 0.382 e. The Morgan fingerprint density at radius 3 is 2.63 bits per heavy atom. The van der Waals surface area contributed by atoms with Crippen molar-refractivity contribution in [1.29, 1.82) is 0 Å². The highest BCUT2D eigenvalue weighted by Gasteiger charge is 2.32. The molecule has 146 valence electrons. The minimum absolute atomic E-state index is 0.0125. The fraction of sp³-hybridized carbons (Fsp3) is 0.444. The summed E-state index contributed by atoms with van der Waals surface area (Å²) in [6.45, 7) is 0.819. The van der Waals surface area contributed by atoms with Crippen molar-refractivity contribution in [2.75, 3.05) is 11.9 Å². The topological polar surface area (TPSA) is 69.8 Å². The lowest BCUT2D eigenvalue weighted by Crippen LogP contribution is -2.38. The summed E-state index contributed by atoms with van der Waals surface area (Å²) in [6.07, 6.45) is 2.38. The third kappa shape index (κ3) is 5.15. The predicted octanol–water partition coefficient (Wildman–Crippen LogP) is 4.48. The summed E-state index contributed by atoms with van der Waals surface area (Å²) < 4.78 is 38.6. The predicted molar refractivity (Wildman–Crippen MR) is 96.7 cm³/mol. The van der Waals surface area contributed by atoms with Gasteiger partial charge in [-0.1, -0.05) is 11.6 Å². The number of nitrogens with zero attached hydrogens (tertiary/aromatic N) is 1. The number of aromatic amines is 1. The lowest BCUT2D eigenvalue weighted by atomic mass is 9.86. The number of H-pyrrole nitrogens is 1. The van der Waals surface area contributed by atoms with Gasteiger partial charge < -0.3 is 10.6 Å². The third-order valence-electron chi connectivity index (χ3n) is 4.81. The van der Waals surface area contributed by atoms with Gasteiger partial charge in [0, 0.05) is 18.8 Å². The zero-order chi connectivity index (χ0) is 19.4. The second-order valence-electron chi connectivity index (χ2n) is 6.75. The highest BCUT2D eigenvalue weighted by molar-refractivity contribution is 6.33. The molecule has 0 radical (unpaired) electrons. The van der Waals surface area contributed by atoms with E-state index in [1.807, 2.05) is 0 Å². The lowest BCUT2D eigenvalue weighted by molar-refractivity contribution is -0.137. The van der Waals surface area contributed by atoms with E-state index in [9.17, 15) is 18.0 Å². The molecule has 0 saturated heterocycles. The molecule has 1 aromatic carbocycles. The summed E-state index contributed by atoms with van der Waals surface area (Å²) in [5.74, 6) is -0.0868. The second kappa shape index (κ2) is 8.21.